The molecule has 1 rings (SSSR count). The molecular weight excluding hydrogens is 154 g/mol. The number of aromatic nitrogens is 1. The van der Waals surface area contributed by atoms with Crippen LogP contribution in [0.4, 0.5) is 10.5 Å². The van der Waals surface area contributed by atoms with Crippen molar-refractivity contribution in [1.82, 2.24) is 4.98 Å². The molecule has 4 heteroatoms. The van der Waals surface area contributed by atoms with Gasteiger partial charge in [-0.15, -0.1) is 0 Å². The first-order chi connectivity index (χ1) is 5.70. The lowest BCUT2D eigenvalue weighted by Gasteiger charge is -1.97. The molecule has 0 saturated heterocycles. The zero-order valence-corrected chi connectivity index (χ0v) is 7.64. The Balaban J connectivity index is 0.000000561. The van der Waals surface area contributed by atoms with Gasteiger partial charge in [-0.3, -0.25) is 0 Å². The molecule has 0 saturated carbocycles. The van der Waals surface area contributed by atoms with Gasteiger partial charge in [0.1, 0.15) is 0 Å². The van der Waals surface area contributed by atoms with Gasteiger partial charge in [0.15, 0.2) is 0 Å². The second-order valence-electron chi connectivity index (χ2n) is 2.01. The van der Waals surface area contributed by atoms with E-state index in [0.29, 0.717) is 0 Å². The van der Waals surface area contributed by atoms with Crippen molar-refractivity contribution in [2.24, 2.45) is 5.73 Å². The number of H-pyrrole nitrogens is 1. The van der Waals surface area contributed by atoms with Gasteiger partial charge in [-0.05, 0) is 13.0 Å². The van der Waals surface area contributed by atoms with Gasteiger partial charge >= 0.3 is 6.03 Å². The highest BCUT2D eigenvalue weighted by atomic mass is 16.2. The highest BCUT2D eigenvalue weighted by molar-refractivity contribution is 5.88. The van der Waals surface area contributed by atoms with Gasteiger partial charge in [0.05, 0.1) is 5.69 Å². The van der Waals surface area contributed by atoms with Gasteiger partial charge in [0.2, 0.25) is 0 Å². The molecule has 68 valence electrons. The minimum atomic E-state index is -0.539. The number of rotatable bonds is 1. The van der Waals surface area contributed by atoms with Crippen molar-refractivity contribution < 1.29 is 4.79 Å². The van der Waals surface area contributed by atoms with E-state index in [-0.39, 0.29) is 0 Å². The molecule has 0 bridgehead atoms. The van der Waals surface area contributed by atoms with Crippen molar-refractivity contribution >= 4 is 11.7 Å². The third-order valence-corrected chi connectivity index (χ3v) is 1.21. The zero-order chi connectivity index (χ0) is 9.56. The summed E-state index contributed by atoms with van der Waals surface area (Å²) in [7, 11) is 0. The average Bonchev–Trinajstić information content (AvgIpc) is 2.40. The molecule has 0 spiro atoms. The highest BCUT2D eigenvalue weighted by Crippen LogP contribution is 2.10. The molecule has 0 aliphatic carbocycles. The van der Waals surface area contributed by atoms with E-state index in [0.717, 1.165) is 11.4 Å². The second kappa shape index (κ2) is 5.23. The Morgan fingerprint density at radius 1 is 1.58 bits per heavy atom. The van der Waals surface area contributed by atoms with Gasteiger partial charge in [-0.25, -0.2) is 4.79 Å². The molecule has 4 nitrogen and oxygen atoms in total. The summed E-state index contributed by atoms with van der Waals surface area (Å²) in [6.07, 6.45) is 1.74. The number of amides is 2. The maximum absolute atomic E-state index is 10.3. The predicted molar refractivity (Wildman–Crippen MR) is 50.1 cm³/mol. The number of carbonyl (C=O) groups excluding carboxylic acids is 1. The average molecular weight is 169 g/mol. The van der Waals surface area contributed by atoms with Crippen LogP contribution in [0.2, 0.25) is 0 Å². The van der Waals surface area contributed by atoms with Crippen LogP contribution >= 0.6 is 0 Å². The molecule has 0 radical (unpaired) electrons. The first kappa shape index (κ1) is 10.6. The maximum atomic E-state index is 10.3. The van der Waals surface area contributed by atoms with Crippen molar-refractivity contribution in [3.05, 3.63) is 18.0 Å². The van der Waals surface area contributed by atoms with Crippen molar-refractivity contribution in [3.8, 4) is 0 Å². The van der Waals surface area contributed by atoms with E-state index in [9.17, 15) is 4.79 Å². The number of nitrogens with two attached hydrogens (primary N) is 1. The normalized spacial score (nSPS) is 8.25. The summed E-state index contributed by atoms with van der Waals surface area (Å²) in [5.74, 6) is 0. The molecule has 0 atom stereocenters. The van der Waals surface area contributed by atoms with Crippen LogP contribution in [-0.2, 0) is 0 Å². The zero-order valence-electron chi connectivity index (χ0n) is 7.64. The van der Waals surface area contributed by atoms with E-state index in [4.69, 9.17) is 5.73 Å². The van der Waals surface area contributed by atoms with Crippen molar-refractivity contribution in [1.29, 1.82) is 0 Å². The molecule has 1 aromatic heterocycles. The van der Waals surface area contributed by atoms with Crippen LogP contribution in [0.15, 0.2) is 12.3 Å². The summed E-state index contributed by atoms with van der Waals surface area (Å²) >= 11 is 0. The monoisotopic (exact) mass is 169 g/mol. The number of aromatic amines is 1. The molecule has 0 aliphatic rings. The quantitative estimate of drug-likeness (QED) is 0.589. The Morgan fingerprint density at radius 2 is 2.17 bits per heavy atom. The number of carbonyl (C=O) groups is 1. The van der Waals surface area contributed by atoms with E-state index >= 15 is 0 Å². The number of nitrogens with one attached hydrogen (secondary N) is 2. The van der Waals surface area contributed by atoms with E-state index in [1.807, 2.05) is 20.8 Å². The van der Waals surface area contributed by atoms with E-state index in [1.165, 1.54) is 0 Å². The number of primary amides is 1. The van der Waals surface area contributed by atoms with Gasteiger partial charge in [-0.2, -0.15) is 0 Å². The van der Waals surface area contributed by atoms with Crippen LogP contribution in [0, 0.1) is 6.92 Å². The summed E-state index contributed by atoms with van der Waals surface area (Å²) in [4.78, 5) is 13.2. The van der Waals surface area contributed by atoms with E-state index in [2.05, 4.69) is 10.3 Å². The van der Waals surface area contributed by atoms with Crippen molar-refractivity contribution in [2.45, 2.75) is 20.8 Å². The third kappa shape index (κ3) is 3.09. The maximum Gasteiger partial charge on any atom is 0.316 e. The molecule has 1 heterocycles. The molecular formula is C8H15N3O. The molecule has 1 aromatic rings. The number of aryl methyl sites for hydroxylation is 1. The van der Waals surface area contributed by atoms with Crippen LogP contribution in [0.3, 0.4) is 0 Å². The fourth-order valence-corrected chi connectivity index (χ4v) is 0.721. The molecule has 12 heavy (non-hydrogen) atoms. The topological polar surface area (TPSA) is 70.9 Å². The number of anilines is 1. The number of urea groups is 1. The summed E-state index contributed by atoms with van der Waals surface area (Å²) in [5, 5.41) is 2.46. The van der Waals surface area contributed by atoms with Crippen molar-refractivity contribution in [3.63, 3.8) is 0 Å². The molecule has 2 amide bonds. The minimum Gasteiger partial charge on any atom is -0.363 e. The Morgan fingerprint density at radius 3 is 2.50 bits per heavy atom. The van der Waals surface area contributed by atoms with Gasteiger partial charge in [0, 0.05) is 11.9 Å². The lowest BCUT2D eigenvalue weighted by molar-refractivity contribution is 0.259. The first-order valence-electron chi connectivity index (χ1n) is 3.90. The minimum absolute atomic E-state index is 0.539. The van der Waals surface area contributed by atoms with Gasteiger partial charge in [0.25, 0.3) is 0 Å². The van der Waals surface area contributed by atoms with Crippen LogP contribution in [0.1, 0.15) is 19.5 Å². The van der Waals surface area contributed by atoms with Crippen LogP contribution in [0.25, 0.3) is 0 Å². The fraction of sp³-hybridized carbons (Fsp3) is 0.375. The van der Waals surface area contributed by atoms with Crippen LogP contribution in [0.5, 0.6) is 0 Å². The molecule has 0 unspecified atom stereocenters. The lowest BCUT2D eigenvalue weighted by Crippen LogP contribution is -2.19. The van der Waals surface area contributed by atoms with Crippen molar-refractivity contribution in [2.75, 3.05) is 5.32 Å². The molecule has 0 fully saturated rings. The Hall–Kier alpha value is -1.45. The van der Waals surface area contributed by atoms with Gasteiger partial charge < -0.3 is 16.0 Å². The Bertz CT molecular complexity index is 242. The first-order valence-corrected chi connectivity index (χ1v) is 3.90. The largest absolute Gasteiger partial charge is 0.363 e. The number of hydrogen-bond donors (Lipinski definition) is 3. The van der Waals surface area contributed by atoms with Gasteiger partial charge in [-0.1, -0.05) is 13.8 Å². The smallest absolute Gasteiger partial charge is 0.316 e. The molecule has 4 N–H and O–H groups in total. The predicted octanol–water partition coefficient (Wildman–Crippen LogP) is 1.84. The molecule has 0 aliphatic heterocycles. The second-order valence-corrected chi connectivity index (χ2v) is 2.01. The summed E-state index contributed by atoms with van der Waals surface area (Å²) < 4.78 is 0. The van der Waals surface area contributed by atoms with Crippen LogP contribution in [-0.4, -0.2) is 11.0 Å². The SMILES string of the molecule is CC.Cc1[nH]ccc1NC(N)=O. The highest BCUT2D eigenvalue weighted by Gasteiger charge is 1.98. The lowest BCUT2D eigenvalue weighted by atomic mass is 10.4. The summed E-state index contributed by atoms with van der Waals surface area (Å²) in [6.45, 7) is 5.85. The van der Waals surface area contributed by atoms with E-state index in [1.54, 1.807) is 12.3 Å². The van der Waals surface area contributed by atoms with E-state index < -0.39 is 6.03 Å². The fourth-order valence-electron chi connectivity index (χ4n) is 0.721. The summed E-state index contributed by atoms with van der Waals surface area (Å²) in [6, 6.07) is 1.21. The Kier molecular flexibility index (Phi) is 4.60. The standard InChI is InChI=1S/C6H9N3O.C2H6/c1-4-5(2-3-8-4)9-6(7)10;1-2/h2-3,8H,1H3,(H3,7,9,10);1-2H3. The van der Waals surface area contributed by atoms with Crippen LogP contribution < -0.4 is 11.1 Å². The summed E-state index contributed by atoms with van der Waals surface area (Å²) in [5.41, 5.74) is 6.52. The number of hydrogen-bond acceptors (Lipinski definition) is 1. The Labute approximate surface area is 72.2 Å². The third-order valence-electron chi connectivity index (χ3n) is 1.21. The molecule has 0 aromatic carbocycles.